The van der Waals surface area contributed by atoms with Gasteiger partial charge in [0.1, 0.15) is 0 Å². The van der Waals surface area contributed by atoms with Crippen LogP contribution >= 0.6 is 0 Å². The SMILES string of the molecule is CC(C)C(N)=NCCc1ncno1. The van der Waals surface area contributed by atoms with Crippen LogP contribution in [0.15, 0.2) is 15.8 Å². The Bertz CT molecular complexity index is 266. The molecule has 1 rings (SSSR count). The van der Waals surface area contributed by atoms with Crippen molar-refractivity contribution in [1.29, 1.82) is 0 Å². The topological polar surface area (TPSA) is 77.3 Å². The molecule has 0 aliphatic carbocycles. The molecule has 0 aromatic carbocycles. The number of hydrogen-bond acceptors (Lipinski definition) is 4. The van der Waals surface area contributed by atoms with Crippen molar-refractivity contribution >= 4 is 5.84 Å². The molecule has 0 bridgehead atoms. The summed E-state index contributed by atoms with van der Waals surface area (Å²) in [5, 5.41) is 3.49. The van der Waals surface area contributed by atoms with E-state index < -0.39 is 0 Å². The average Bonchev–Trinajstić information content (AvgIpc) is 2.56. The molecule has 2 N–H and O–H groups in total. The summed E-state index contributed by atoms with van der Waals surface area (Å²) in [5.74, 6) is 1.56. The molecule has 0 amide bonds. The summed E-state index contributed by atoms with van der Waals surface area (Å²) in [6.45, 7) is 4.61. The minimum atomic E-state index is 0.294. The molecule has 0 spiro atoms. The van der Waals surface area contributed by atoms with E-state index in [-0.39, 0.29) is 0 Å². The molecule has 1 aromatic rings. The molecule has 0 radical (unpaired) electrons. The van der Waals surface area contributed by atoms with E-state index in [1.807, 2.05) is 13.8 Å². The van der Waals surface area contributed by atoms with Crippen LogP contribution in [-0.4, -0.2) is 22.5 Å². The van der Waals surface area contributed by atoms with Gasteiger partial charge in [-0.2, -0.15) is 4.98 Å². The maximum Gasteiger partial charge on any atom is 0.228 e. The predicted molar refractivity (Wildman–Crippen MR) is 49.3 cm³/mol. The maximum atomic E-state index is 5.64. The van der Waals surface area contributed by atoms with Gasteiger partial charge in [0.25, 0.3) is 0 Å². The molecular weight excluding hydrogens is 168 g/mol. The van der Waals surface area contributed by atoms with Crippen molar-refractivity contribution in [3.8, 4) is 0 Å². The van der Waals surface area contributed by atoms with Gasteiger partial charge in [-0.15, -0.1) is 0 Å². The van der Waals surface area contributed by atoms with E-state index in [1.165, 1.54) is 6.33 Å². The van der Waals surface area contributed by atoms with E-state index in [0.29, 0.717) is 30.6 Å². The van der Waals surface area contributed by atoms with Crippen LogP contribution in [0.3, 0.4) is 0 Å². The van der Waals surface area contributed by atoms with Crippen molar-refractivity contribution < 1.29 is 4.52 Å². The molecule has 5 heteroatoms. The zero-order valence-corrected chi connectivity index (χ0v) is 7.90. The monoisotopic (exact) mass is 182 g/mol. The first-order chi connectivity index (χ1) is 6.20. The van der Waals surface area contributed by atoms with Crippen LogP contribution in [0, 0.1) is 5.92 Å². The van der Waals surface area contributed by atoms with E-state index in [0.717, 1.165) is 0 Å². The molecular formula is C8H14N4O. The van der Waals surface area contributed by atoms with E-state index >= 15 is 0 Å². The normalized spacial score (nSPS) is 12.4. The molecule has 0 unspecified atom stereocenters. The molecule has 1 aromatic heterocycles. The largest absolute Gasteiger partial charge is 0.387 e. The molecule has 5 nitrogen and oxygen atoms in total. The smallest absolute Gasteiger partial charge is 0.228 e. The second kappa shape index (κ2) is 4.59. The summed E-state index contributed by atoms with van der Waals surface area (Å²) >= 11 is 0. The van der Waals surface area contributed by atoms with Crippen LogP contribution in [0.5, 0.6) is 0 Å². The van der Waals surface area contributed by atoms with Crippen LogP contribution < -0.4 is 5.73 Å². The minimum Gasteiger partial charge on any atom is -0.387 e. The number of rotatable bonds is 4. The second-order valence-corrected chi connectivity index (χ2v) is 3.05. The molecule has 1 heterocycles. The number of nitrogens with two attached hydrogens (primary N) is 1. The number of nitrogens with zero attached hydrogens (tertiary/aromatic N) is 3. The van der Waals surface area contributed by atoms with Crippen LogP contribution in [0.4, 0.5) is 0 Å². The van der Waals surface area contributed by atoms with Gasteiger partial charge in [0.05, 0.1) is 5.84 Å². The Morgan fingerprint density at radius 3 is 3.00 bits per heavy atom. The highest BCUT2D eigenvalue weighted by Gasteiger charge is 2.00. The van der Waals surface area contributed by atoms with E-state index in [4.69, 9.17) is 10.3 Å². The highest BCUT2D eigenvalue weighted by Crippen LogP contribution is 1.95. The van der Waals surface area contributed by atoms with Crippen molar-refractivity contribution in [3.63, 3.8) is 0 Å². The van der Waals surface area contributed by atoms with Crippen LogP contribution in [0.25, 0.3) is 0 Å². The lowest BCUT2D eigenvalue weighted by molar-refractivity contribution is 0.379. The lowest BCUT2D eigenvalue weighted by atomic mass is 10.2. The van der Waals surface area contributed by atoms with Gasteiger partial charge in [0.15, 0.2) is 6.33 Å². The first-order valence-corrected chi connectivity index (χ1v) is 4.25. The average molecular weight is 182 g/mol. The van der Waals surface area contributed by atoms with Crippen molar-refractivity contribution in [1.82, 2.24) is 10.1 Å². The van der Waals surface area contributed by atoms with Gasteiger partial charge in [-0.1, -0.05) is 19.0 Å². The third kappa shape index (κ3) is 3.23. The molecule has 0 saturated carbocycles. The number of amidine groups is 1. The van der Waals surface area contributed by atoms with E-state index in [2.05, 4.69) is 15.1 Å². The Morgan fingerprint density at radius 1 is 1.69 bits per heavy atom. The van der Waals surface area contributed by atoms with E-state index in [1.54, 1.807) is 0 Å². The maximum absolute atomic E-state index is 5.64. The van der Waals surface area contributed by atoms with Crippen molar-refractivity contribution in [2.24, 2.45) is 16.6 Å². The van der Waals surface area contributed by atoms with Crippen LogP contribution in [-0.2, 0) is 6.42 Å². The van der Waals surface area contributed by atoms with Crippen LogP contribution in [0.2, 0.25) is 0 Å². The Labute approximate surface area is 77.0 Å². The number of aliphatic imine (C=N–C) groups is 1. The summed E-state index contributed by atoms with van der Waals surface area (Å²) in [6.07, 6.45) is 2.03. The van der Waals surface area contributed by atoms with Gasteiger partial charge < -0.3 is 10.3 Å². The molecule has 0 saturated heterocycles. The fourth-order valence-electron chi connectivity index (χ4n) is 0.769. The first kappa shape index (κ1) is 9.70. The first-order valence-electron chi connectivity index (χ1n) is 4.25. The fourth-order valence-corrected chi connectivity index (χ4v) is 0.769. The van der Waals surface area contributed by atoms with Gasteiger partial charge in [-0.05, 0) is 0 Å². The molecule has 72 valence electrons. The Balaban J connectivity index is 2.32. The lowest BCUT2D eigenvalue weighted by Gasteiger charge is -2.02. The van der Waals surface area contributed by atoms with Crippen molar-refractivity contribution in [2.45, 2.75) is 20.3 Å². The minimum absolute atomic E-state index is 0.294. The van der Waals surface area contributed by atoms with Crippen molar-refractivity contribution in [3.05, 3.63) is 12.2 Å². The summed E-state index contributed by atoms with van der Waals surface area (Å²) < 4.78 is 4.80. The molecule has 13 heavy (non-hydrogen) atoms. The summed E-state index contributed by atoms with van der Waals surface area (Å²) in [6, 6.07) is 0. The van der Waals surface area contributed by atoms with Crippen LogP contribution in [0.1, 0.15) is 19.7 Å². The molecule has 0 fully saturated rings. The predicted octanol–water partition coefficient (Wildman–Crippen LogP) is 0.625. The third-order valence-electron chi connectivity index (χ3n) is 1.62. The zero-order chi connectivity index (χ0) is 9.68. The van der Waals surface area contributed by atoms with Gasteiger partial charge >= 0.3 is 0 Å². The lowest BCUT2D eigenvalue weighted by Crippen LogP contribution is -2.19. The number of hydrogen-bond donors (Lipinski definition) is 1. The van der Waals surface area contributed by atoms with Gasteiger partial charge in [-0.25, -0.2) is 0 Å². The molecule has 0 aliphatic heterocycles. The summed E-state index contributed by atoms with van der Waals surface area (Å²) in [7, 11) is 0. The quantitative estimate of drug-likeness (QED) is 0.547. The second-order valence-electron chi connectivity index (χ2n) is 3.05. The van der Waals surface area contributed by atoms with Crippen molar-refractivity contribution in [2.75, 3.05) is 6.54 Å². The molecule has 0 aliphatic rings. The zero-order valence-electron chi connectivity index (χ0n) is 7.90. The Hall–Kier alpha value is -1.39. The number of aromatic nitrogens is 2. The van der Waals surface area contributed by atoms with Gasteiger partial charge in [-0.3, -0.25) is 4.99 Å². The van der Waals surface area contributed by atoms with Gasteiger partial charge in [0.2, 0.25) is 5.89 Å². The van der Waals surface area contributed by atoms with Gasteiger partial charge in [0, 0.05) is 18.9 Å². The highest BCUT2D eigenvalue weighted by atomic mass is 16.5. The Morgan fingerprint density at radius 2 is 2.46 bits per heavy atom. The Kier molecular flexibility index (Phi) is 3.42. The summed E-state index contributed by atoms with van der Waals surface area (Å²) in [5.41, 5.74) is 5.64. The standard InChI is InChI=1S/C8H14N4O/c1-6(2)8(9)10-4-3-7-11-5-12-13-7/h5-6H,3-4H2,1-2H3,(H2,9,10). The fraction of sp³-hybridized carbons (Fsp3) is 0.625. The summed E-state index contributed by atoms with van der Waals surface area (Å²) in [4.78, 5) is 8.04. The third-order valence-corrected chi connectivity index (χ3v) is 1.62. The van der Waals surface area contributed by atoms with E-state index in [9.17, 15) is 0 Å². The highest BCUT2D eigenvalue weighted by molar-refractivity contribution is 5.82. The molecule has 0 atom stereocenters.